The maximum absolute atomic E-state index is 10.7. The molecule has 1 aromatic heterocycles. The van der Waals surface area contributed by atoms with Gasteiger partial charge in [0.15, 0.2) is 10.7 Å². The fourth-order valence-corrected chi connectivity index (χ4v) is 2.27. The third-order valence-corrected chi connectivity index (χ3v) is 3.46. The summed E-state index contributed by atoms with van der Waals surface area (Å²) in [4.78, 5) is 4.21. The molecule has 7 nitrogen and oxygen atoms in total. The highest BCUT2D eigenvalue weighted by Gasteiger charge is 2.06. The molecule has 0 spiro atoms. The van der Waals surface area contributed by atoms with Gasteiger partial charge in [-0.2, -0.15) is 10.5 Å². The smallest absolute Gasteiger partial charge is 0.163 e. The fourth-order valence-electron chi connectivity index (χ4n) is 1.45. The van der Waals surface area contributed by atoms with Crippen LogP contribution < -0.4 is 5.23 Å². The summed E-state index contributed by atoms with van der Waals surface area (Å²) >= 11 is 1.32. The second-order valence-electron chi connectivity index (χ2n) is 3.89. The van der Waals surface area contributed by atoms with E-state index in [1.54, 1.807) is 19.1 Å². The van der Waals surface area contributed by atoms with Gasteiger partial charge < -0.3 is 5.21 Å². The predicted octanol–water partition coefficient (Wildman–Crippen LogP) is 2.34. The van der Waals surface area contributed by atoms with E-state index in [-0.39, 0.29) is 12.1 Å². The lowest BCUT2D eigenvalue weighted by Gasteiger charge is -2.10. The van der Waals surface area contributed by atoms with Crippen molar-refractivity contribution in [3.8, 4) is 6.07 Å². The fraction of sp³-hybridized carbons (Fsp3) is 0.167. The molecular weight excluding hydrogens is 278 g/mol. The summed E-state index contributed by atoms with van der Waals surface area (Å²) in [7, 11) is 0. The molecule has 0 aliphatic carbocycles. The summed E-state index contributed by atoms with van der Waals surface area (Å²) in [5.41, 5.74) is 1.49. The monoisotopic (exact) mass is 289 g/mol. The number of hydrogen-bond acceptors (Lipinski definition) is 7. The van der Waals surface area contributed by atoms with E-state index in [1.807, 2.05) is 6.07 Å². The number of aromatic nitrogens is 1. The second-order valence-corrected chi connectivity index (χ2v) is 4.95. The number of nitrogens with zero attached hydrogens (tertiary/aromatic N) is 4. The summed E-state index contributed by atoms with van der Waals surface area (Å²) in [6, 6.07) is 8.14. The molecule has 0 fully saturated rings. The number of aryl methyl sites for hydroxylation is 1. The zero-order chi connectivity index (χ0) is 14.5. The summed E-state index contributed by atoms with van der Waals surface area (Å²) in [6.07, 6.45) is 0.258. The Morgan fingerprint density at radius 2 is 2.10 bits per heavy atom. The molecule has 20 heavy (non-hydrogen) atoms. The van der Waals surface area contributed by atoms with E-state index >= 15 is 0 Å². The van der Waals surface area contributed by atoms with Crippen LogP contribution in [0.2, 0.25) is 0 Å². The molecule has 0 amide bonds. The molecule has 2 rings (SSSR count). The number of quaternary nitrogens is 1. The Bertz CT molecular complexity index is 657. The second kappa shape index (κ2) is 6.31. The zero-order valence-corrected chi connectivity index (χ0v) is 11.4. The maximum atomic E-state index is 10.7. The Morgan fingerprint density at radius 1 is 1.40 bits per heavy atom. The largest absolute Gasteiger partial charge is 0.595 e. The first-order chi connectivity index (χ1) is 9.60. The van der Waals surface area contributed by atoms with Gasteiger partial charge in [0.1, 0.15) is 5.01 Å². The molecule has 2 aromatic rings. The number of azo groups is 1. The first-order valence-corrected chi connectivity index (χ1v) is 6.50. The summed E-state index contributed by atoms with van der Waals surface area (Å²) in [5, 5.41) is 36.6. The van der Waals surface area contributed by atoms with Gasteiger partial charge in [0.2, 0.25) is 0 Å². The molecule has 0 saturated carbocycles. The quantitative estimate of drug-likeness (QED) is 0.665. The van der Waals surface area contributed by atoms with Crippen LogP contribution in [0.25, 0.3) is 0 Å². The Kier molecular flexibility index (Phi) is 4.49. The third kappa shape index (κ3) is 3.43. The Hall–Kier alpha value is -2.18. The molecule has 0 radical (unpaired) electrons. The van der Waals surface area contributed by atoms with Crippen molar-refractivity contribution in [3.63, 3.8) is 0 Å². The summed E-state index contributed by atoms with van der Waals surface area (Å²) in [6.45, 7) is 1.80. The van der Waals surface area contributed by atoms with Crippen LogP contribution >= 0.6 is 11.3 Å². The van der Waals surface area contributed by atoms with Crippen LogP contribution in [0, 0.1) is 23.5 Å². The minimum absolute atomic E-state index is 0.203. The van der Waals surface area contributed by atoms with Crippen LogP contribution in [0.1, 0.15) is 10.7 Å². The Morgan fingerprint density at radius 3 is 2.70 bits per heavy atom. The number of thiazole rings is 1. The highest BCUT2D eigenvalue weighted by molar-refractivity contribution is 7.15. The lowest BCUT2D eigenvalue weighted by atomic mass is 10.3. The van der Waals surface area contributed by atoms with Gasteiger partial charge in [-0.05, 0) is 19.1 Å². The lowest BCUT2D eigenvalue weighted by Crippen LogP contribution is -2.99. The lowest BCUT2D eigenvalue weighted by molar-refractivity contribution is -0.991. The van der Waals surface area contributed by atoms with Gasteiger partial charge in [-0.1, -0.05) is 11.3 Å². The van der Waals surface area contributed by atoms with Crippen molar-refractivity contribution in [2.24, 2.45) is 10.2 Å². The average molecular weight is 289 g/mol. The van der Waals surface area contributed by atoms with Crippen molar-refractivity contribution in [3.05, 3.63) is 40.2 Å². The van der Waals surface area contributed by atoms with Crippen molar-refractivity contribution < 1.29 is 10.4 Å². The number of rotatable bonds is 4. The minimum Gasteiger partial charge on any atom is -0.595 e. The molecule has 8 heteroatoms. The van der Waals surface area contributed by atoms with E-state index in [1.165, 1.54) is 23.5 Å². The molecule has 0 saturated heterocycles. The van der Waals surface area contributed by atoms with Crippen LogP contribution in [0.4, 0.5) is 16.4 Å². The number of hydrogen-bond donors (Lipinski definition) is 2. The van der Waals surface area contributed by atoms with Gasteiger partial charge in [0.05, 0.1) is 23.9 Å². The van der Waals surface area contributed by atoms with E-state index < -0.39 is 5.23 Å². The SMILES string of the molecule is Cc1nc(CC#N)sc1N=Nc1ccc([NH+]([O-])O)cc1. The predicted molar refractivity (Wildman–Crippen MR) is 72.6 cm³/mol. The van der Waals surface area contributed by atoms with Gasteiger partial charge in [-0.15, -0.1) is 10.2 Å². The van der Waals surface area contributed by atoms with Crippen molar-refractivity contribution in [2.75, 3.05) is 0 Å². The van der Waals surface area contributed by atoms with E-state index in [0.717, 1.165) is 5.69 Å². The first-order valence-electron chi connectivity index (χ1n) is 5.68. The van der Waals surface area contributed by atoms with Crippen molar-refractivity contribution in [1.29, 1.82) is 5.26 Å². The molecule has 102 valence electrons. The summed E-state index contributed by atoms with van der Waals surface area (Å²) < 4.78 is 0. The molecule has 2 N–H and O–H groups in total. The van der Waals surface area contributed by atoms with E-state index in [9.17, 15) is 5.21 Å². The molecular formula is C12H11N5O2S. The van der Waals surface area contributed by atoms with Gasteiger partial charge in [-0.3, -0.25) is 0 Å². The van der Waals surface area contributed by atoms with Crippen LogP contribution in [0.3, 0.4) is 0 Å². The highest BCUT2D eigenvalue weighted by atomic mass is 32.1. The van der Waals surface area contributed by atoms with E-state index in [2.05, 4.69) is 15.2 Å². The topological polar surface area (TPSA) is 109 Å². The standard InChI is InChI=1S/C12H11N5O2S/c1-8-12(20-11(14-8)6-7-13)16-15-9-2-4-10(5-3-9)17(18)19/h2-5,17-18H,6H2,1H3. The molecule has 1 heterocycles. The molecule has 1 unspecified atom stereocenters. The number of nitriles is 1. The van der Waals surface area contributed by atoms with E-state index in [0.29, 0.717) is 15.7 Å². The highest BCUT2D eigenvalue weighted by Crippen LogP contribution is 2.29. The van der Waals surface area contributed by atoms with Crippen LogP contribution in [-0.2, 0) is 6.42 Å². The zero-order valence-electron chi connectivity index (χ0n) is 10.6. The molecule has 0 bridgehead atoms. The van der Waals surface area contributed by atoms with Gasteiger partial charge >= 0.3 is 0 Å². The van der Waals surface area contributed by atoms with Gasteiger partial charge in [0, 0.05) is 12.1 Å². The van der Waals surface area contributed by atoms with Crippen molar-refractivity contribution in [1.82, 2.24) is 4.98 Å². The van der Waals surface area contributed by atoms with Crippen LogP contribution in [-0.4, -0.2) is 10.2 Å². The van der Waals surface area contributed by atoms with Gasteiger partial charge in [-0.25, -0.2) is 10.2 Å². The molecule has 1 aromatic carbocycles. The average Bonchev–Trinajstić information content (AvgIpc) is 2.77. The number of benzene rings is 1. The minimum atomic E-state index is -0.979. The molecule has 1 atom stereocenters. The van der Waals surface area contributed by atoms with E-state index in [4.69, 9.17) is 10.5 Å². The molecule has 0 aliphatic heterocycles. The third-order valence-electron chi connectivity index (χ3n) is 2.42. The van der Waals surface area contributed by atoms with Crippen LogP contribution in [0.15, 0.2) is 34.5 Å². The first kappa shape index (κ1) is 14.2. The number of nitrogens with one attached hydrogen (secondary N) is 1. The summed E-state index contributed by atoms with van der Waals surface area (Å²) in [5.74, 6) is 0. The maximum Gasteiger partial charge on any atom is 0.163 e. The van der Waals surface area contributed by atoms with Crippen LogP contribution in [0.5, 0.6) is 0 Å². The Balaban J connectivity index is 2.14. The van der Waals surface area contributed by atoms with Crippen molar-refractivity contribution in [2.45, 2.75) is 13.3 Å². The normalized spacial score (nSPS) is 12.5. The van der Waals surface area contributed by atoms with Gasteiger partial charge in [0.25, 0.3) is 0 Å². The molecule has 0 aliphatic rings. The van der Waals surface area contributed by atoms with Crippen molar-refractivity contribution >= 4 is 27.7 Å². The Labute approximate surface area is 119 Å².